The number of carbonyl (C=O) groups excluding carboxylic acids is 1. The van der Waals surface area contributed by atoms with Crippen LogP contribution in [-0.2, 0) is 26.4 Å². The number of benzene rings is 1. The number of aliphatic hydroxyl groups excluding tert-OH is 1. The maximum Gasteiger partial charge on any atom is 0.333 e. The van der Waals surface area contributed by atoms with Crippen molar-refractivity contribution in [1.82, 2.24) is 19.0 Å². The summed E-state index contributed by atoms with van der Waals surface area (Å²) >= 11 is 1.26. The topological polar surface area (TPSA) is 138 Å². The number of ether oxygens (including phenoxy) is 3. The van der Waals surface area contributed by atoms with Crippen LogP contribution in [0, 0.1) is 18.8 Å². The first kappa shape index (κ1) is 32.8. The van der Waals surface area contributed by atoms with Crippen molar-refractivity contribution < 1.29 is 28.5 Å². The van der Waals surface area contributed by atoms with Gasteiger partial charge in [-0.3, -0.25) is 14.2 Å². The average molecular weight is 679 g/mol. The van der Waals surface area contributed by atoms with Gasteiger partial charge in [0.05, 0.1) is 55.5 Å². The quantitative estimate of drug-likeness (QED) is 0.277. The molecular weight excluding hydrogens is 636 g/mol. The summed E-state index contributed by atoms with van der Waals surface area (Å²) in [7, 11) is 1.60. The molecule has 4 aromatic rings. The summed E-state index contributed by atoms with van der Waals surface area (Å²) in [5.41, 5.74) is -1.24. The van der Waals surface area contributed by atoms with Crippen LogP contribution in [0.1, 0.15) is 56.8 Å². The monoisotopic (exact) mass is 678 g/mol. The van der Waals surface area contributed by atoms with E-state index in [0.717, 1.165) is 35.8 Å². The largest absolute Gasteiger partial charge is 0.496 e. The molecule has 3 aliphatic rings. The van der Waals surface area contributed by atoms with E-state index in [-0.39, 0.29) is 24.7 Å². The van der Waals surface area contributed by atoms with Crippen LogP contribution in [0.5, 0.6) is 5.75 Å². The highest BCUT2D eigenvalue weighted by atomic mass is 32.1. The first-order valence-corrected chi connectivity index (χ1v) is 17.4. The molecule has 1 aliphatic heterocycles. The fraction of sp³-hybridized carbons (Fsp3) is 0.543. The zero-order valence-corrected chi connectivity index (χ0v) is 28.5. The van der Waals surface area contributed by atoms with Crippen LogP contribution in [0.4, 0.5) is 0 Å². The van der Waals surface area contributed by atoms with Crippen LogP contribution in [-0.4, -0.2) is 75.7 Å². The number of aliphatic hydroxyl groups is 1. The highest BCUT2D eigenvalue weighted by molar-refractivity contribution is 7.22. The Labute approximate surface area is 281 Å². The van der Waals surface area contributed by atoms with Crippen LogP contribution >= 0.6 is 11.3 Å². The van der Waals surface area contributed by atoms with Crippen LogP contribution in [0.2, 0.25) is 0 Å². The molecule has 13 heteroatoms. The van der Waals surface area contributed by atoms with Gasteiger partial charge in [-0.1, -0.05) is 18.2 Å². The standard InChI is InChI=1S/C35H42N4O8S/c1-20-28-31(41)39(35(2,3)33(42)37-10-13-45-14-11-37)34(43)38(32(28)48-29(20)30-36-9-12-46-30)19-27(25-7-5-6-8-26(25)44-4)47-24-17-21-15-23(40)16-22(21)18-24/h5-9,12,21-24,27,40H,10-11,13-19H2,1-4H3/t21-,22?,23-,24+,27?/m0/s1. The molecular formula is C35H42N4O8S. The highest BCUT2D eigenvalue weighted by Crippen LogP contribution is 2.47. The lowest BCUT2D eigenvalue weighted by molar-refractivity contribution is -0.143. The lowest BCUT2D eigenvalue weighted by Gasteiger charge is -2.35. The molecule has 2 saturated carbocycles. The molecule has 1 amide bonds. The van der Waals surface area contributed by atoms with Crippen LogP contribution in [0.15, 0.2) is 50.7 Å². The smallest absolute Gasteiger partial charge is 0.333 e. The lowest BCUT2D eigenvalue weighted by Crippen LogP contribution is -2.58. The Morgan fingerprint density at radius 1 is 1.12 bits per heavy atom. The first-order valence-electron chi connectivity index (χ1n) is 16.6. The Morgan fingerprint density at radius 3 is 2.50 bits per heavy atom. The predicted octanol–water partition coefficient (Wildman–Crippen LogP) is 4.10. The maximum absolute atomic E-state index is 14.8. The molecule has 3 aromatic heterocycles. The number of aromatic nitrogens is 3. The zero-order chi connectivity index (χ0) is 33.7. The molecule has 4 heterocycles. The molecule has 1 aromatic carbocycles. The number of amides is 1. The molecule has 1 saturated heterocycles. The van der Waals surface area contributed by atoms with Gasteiger partial charge >= 0.3 is 5.69 Å². The van der Waals surface area contributed by atoms with Gasteiger partial charge in [-0.25, -0.2) is 14.3 Å². The Bertz CT molecular complexity index is 1910. The van der Waals surface area contributed by atoms with Crippen molar-refractivity contribution in [3.05, 3.63) is 68.7 Å². The number of carbonyl (C=O) groups is 1. The Morgan fingerprint density at radius 2 is 1.83 bits per heavy atom. The minimum absolute atomic E-state index is 0.0667. The second kappa shape index (κ2) is 12.9. The normalized spacial score (nSPS) is 23.5. The number of para-hydroxylation sites is 1. The molecule has 12 nitrogen and oxygen atoms in total. The third-order valence-electron chi connectivity index (χ3n) is 10.4. The van der Waals surface area contributed by atoms with Crippen molar-refractivity contribution in [2.45, 2.75) is 76.9 Å². The SMILES string of the molecule is COc1ccccc1C(Cn1c(=O)n(C(C)(C)C(=O)N2CCOCC2)c(=O)c2c(C)c(-c3ncco3)sc21)O[C@H]1CC2C[C@@H](O)C[C@H]2C1. The van der Waals surface area contributed by atoms with E-state index in [0.29, 0.717) is 70.4 Å². The van der Waals surface area contributed by atoms with Crippen molar-refractivity contribution in [2.75, 3.05) is 33.4 Å². The maximum atomic E-state index is 14.8. The highest BCUT2D eigenvalue weighted by Gasteiger charge is 2.43. The predicted molar refractivity (Wildman–Crippen MR) is 179 cm³/mol. The molecule has 5 atom stereocenters. The third kappa shape index (κ3) is 5.70. The summed E-state index contributed by atoms with van der Waals surface area (Å²) in [4.78, 5) is 50.3. The van der Waals surface area contributed by atoms with E-state index in [2.05, 4.69) is 4.98 Å². The lowest BCUT2D eigenvalue weighted by atomic mass is 10.0. The molecule has 3 fully saturated rings. The third-order valence-corrected chi connectivity index (χ3v) is 11.7. The molecule has 0 radical (unpaired) electrons. The fourth-order valence-electron chi connectivity index (χ4n) is 7.97. The number of nitrogens with zero attached hydrogens (tertiary/aromatic N) is 4. The van der Waals surface area contributed by atoms with E-state index in [1.54, 1.807) is 30.4 Å². The molecule has 7 rings (SSSR count). The molecule has 256 valence electrons. The van der Waals surface area contributed by atoms with Gasteiger partial charge in [0.15, 0.2) is 0 Å². The molecule has 1 N–H and O–H groups in total. The van der Waals surface area contributed by atoms with Gasteiger partial charge < -0.3 is 28.6 Å². The van der Waals surface area contributed by atoms with Gasteiger partial charge in [0.25, 0.3) is 5.56 Å². The fourth-order valence-corrected chi connectivity index (χ4v) is 9.22. The number of hydrogen-bond donors (Lipinski definition) is 1. The average Bonchev–Trinajstić information content (AvgIpc) is 3.87. The number of oxazole rings is 1. The Balaban J connectivity index is 1.38. The molecule has 2 unspecified atom stereocenters. The molecule has 48 heavy (non-hydrogen) atoms. The number of aryl methyl sites for hydroxylation is 1. The van der Waals surface area contributed by atoms with E-state index in [9.17, 15) is 19.5 Å². The Kier molecular flexibility index (Phi) is 8.82. The summed E-state index contributed by atoms with van der Waals surface area (Å²) in [6.45, 7) is 6.67. The minimum atomic E-state index is -1.50. The minimum Gasteiger partial charge on any atom is -0.496 e. The van der Waals surface area contributed by atoms with E-state index in [1.165, 1.54) is 23.8 Å². The van der Waals surface area contributed by atoms with E-state index >= 15 is 0 Å². The van der Waals surface area contributed by atoms with Crippen LogP contribution < -0.4 is 16.0 Å². The van der Waals surface area contributed by atoms with Crippen LogP contribution in [0.3, 0.4) is 0 Å². The van der Waals surface area contributed by atoms with Gasteiger partial charge in [-0.15, -0.1) is 11.3 Å². The number of fused-ring (bicyclic) bond motifs is 2. The van der Waals surface area contributed by atoms with Crippen molar-refractivity contribution in [1.29, 1.82) is 0 Å². The van der Waals surface area contributed by atoms with E-state index < -0.39 is 22.9 Å². The van der Waals surface area contributed by atoms with E-state index in [4.69, 9.17) is 18.6 Å². The van der Waals surface area contributed by atoms with Gasteiger partial charge in [0.1, 0.15) is 28.5 Å². The Hall–Kier alpha value is -3.78. The number of hydrogen-bond acceptors (Lipinski definition) is 10. The van der Waals surface area contributed by atoms with Crippen molar-refractivity contribution in [2.24, 2.45) is 11.8 Å². The summed E-state index contributed by atoms with van der Waals surface area (Å²) in [6.07, 6.45) is 5.25. The molecule has 2 aliphatic carbocycles. The summed E-state index contributed by atoms with van der Waals surface area (Å²) in [5.74, 6) is 1.44. The van der Waals surface area contributed by atoms with Gasteiger partial charge in [-0.2, -0.15) is 0 Å². The van der Waals surface area contributed by atoms with Gasteiger partial charge in [0.2, 0.25) is 11.8 Å². The second-order valence-electron chi connectivity index (χ2n) is 13.7. The van der Waals surface area contributed by atoms with Crippen LogP contribution in [0.25, 0.3) is 21.0 Å². The van der Waals surface area contributed by atoms with E-state index in [1.807, 2.05) is 31.2 Å². The number of methoxy groups -OCH3 is 1. The van der Waals surface area contributed by atoms with Crippen molar-refractivity contribution >= 4 is 27.5 Å². The second-order valence-corrected chi connectivity index (χ2v) is 14.7. The zero-order valence-electron chi connectivity index (χ0n) is 27.7. The van der Waals surface area contributed by atoms with Crippen molar-refractivity contribution in [3.8, 4) is 16.5 Å². The molecule has 0 spiro atoms. The van der Waals surface area contributed by atoms with Gasteiger partial charge in [0, 0.05) is 18.7 Å². The number of rotatable bonds is 9. The number of morpholine rings is 1. The van der Waals surface area contributed by atoms with Crippen molar-refractivity contribution in [3.63, 3.8) is 0 Å². The molecule has 0 bridgehead atoms. The number of thiophene rings is 1. The van der Waals surface area contributed by atoms with Gasteiger partial charge in [-0.05, 0) is 69.9 Å². The summed E-state index contributed by atoms with van der Waals surface area (Å²) in [6, 6.07) is 7.60. The first-order chi connectivity index (χ1) is 23.1. The summed E-state index contributed by atoms with van der Waals surface area (Å²) in [5, 5.41) is 10.6. The summed E-state index contributed by atoms with van der Waals surface area (Å²) < 4.78 is 26.4.